The number of nitrogens with one attached hydrogen (secondary N) is 2. The van der Waals surface area contributed by atoms with Gasteiger partial charge in [0.05, 0.1) is 6.61 Å². The van der Waals surface area contributed by atoms with Crippen molar-refractivity contribution >= 4 is 5.96 Å². The Morgan fingerprint density at radius 2 is 2.19 bits per heavy atom. The molecule has 1 atom stereocenters. The maximum absolute atomic E-state index is 5.36. The van der Waals surface area contributed by atoms with Gasteiger partial charge in [-0.05, 0) is 34.0 Å². The van der Waals surface area contributed by atoms with Crippen molar-refractivity contribution < 1.29 is 4.74 Å². The van der Waals surface area contributed by atoms with Gasteiger partial charge >= 0.3 is 0 Å². The van der Waals surface area contributed by atoms with E-state index in [0.717, 1.165) is 19.5 Å². The van der Waals surface area contributed by atoms with E-state index in [9.17, 15) is 0 Å². The Morgan fingerprint density at radius 1 is 1.50 bits per heavy atom. The van der Waals surface area contributed by atoms with Crippen LogP contribution >= 0.6 is 0 Å². The summed E-state index contributed by atoms with van der Waals surface area (Å²) in [5.41, 5.74) is 2.55. The van der Waals surface area contributed by atoms with Crippen molar-refractivity contribution in [1.82, 2.24) is 15.6 Å². The number of guanidine groups is 1. The van der Waals surface area contributed by atoms with Crippen molar-refractivity contribution in [2.75, 3.05) is 40.9 Å². The van der Waals surface area contributed by atoms with Gasteiger partial charge in [-0.3, -0.25) is 10.4 Å². The number of aliphatic imine (C=N–C) groups is 1. The molecule has 16 heavy (non-hydrogen) atoms. The SMILES string of the molecule is COCC(C)NC(=NCCCN(C)C)NN. The number of nitrogens with two attached hydrogens (primary N) is 1. The fraction of sp³-hybridized carbons (Fsp3) is 0.900. The van der Waals surface area contributed by atoms with Crippen LogP contribution in [0.1, 0.15) is 13.3 Å². The van der Waals surface area contributed by atoms with Gasteiger partial charge in [-0.2, -0.15) is 0 Å². The highest BCUT2D eigenvalue weighted by molar-refractivity contribution is 5.79. The van der Waals surface area contributed by atoms with Crippen molar-refractivity contribution in [1.29, 1.82) is 0 Å². The normalized spacial score (nSPS) is 14.0. The zero-order chi connectivity index (χ0) is 12.4. The van der Waals surface area contributed by atoms with E-state index in [1.165, 1.54) is 0 Å². The summed E-state index contributed by atoms with van der Waals surface area (Å²) in [6, 6.07) is 0.189. The molecule has 4 N–H and O–H groups in total. The van der Waals surface area contributed by atoms with E-state index >= 15 is 0 Å². The van der Waals surface area contributed by atoms with E-state index in [0.29, 0.717) is 12.6 Å². The van der Waals surface area contributed by atoms with Crippen LogP contribution in [-0.4, -0.2) is 57.8 Å². The summed E-state index contributed by atoms with van der Waals surface area (Å²) >= 11 is 0. The Balaban J connectivity index is 3.83. The zero-order valence-corrected chi connectivity index (χ0v) is 10.8. The summed E-state index contributed by atoms with van der Waals surface area (Å²) in [7, 11) is 5.76. The fourth-order valence-corrected chi connectivity index (χ4v) is 1.24. The van der Waals surface area contributed by atoms with E-state index in [1.807, 2.05) is 21.0 Å². The number of methoxy groups -OCH3 is 1. The van der Waals surface area contributed by atoms with Gasteiger partial charge in [-0.25, -0.2) is 5.84 Å². The van der Waals surface area contributed by atoms with Crippen LogP contribution in [0, 0.1) is 0 Å². The lowest BCUT2D eigenvalue weighted by atomic mass is 10.4. The summed E-state index contributed by atoms with van der Waals surface area (Å²) in [6.07, 6.45) is 1.01. The van der Waals surface area contributed by atoms with Gasteiger partial charge in [0.25, 0.3) is 0 Å². The third kappa shape index (κ3) is 8.46. The molecule has 0 aromatic rings. The molecule has 0 bridgehead atoms. The molecule has 1 unspecified atom stereocenters. The van der Waals surface area contributed by atoms with Crippen LogP contribution in [0.2, 0.25) is 0 Å². The first-order valence-corrected chi connectivity index (χ1v) is 5.51. The molecule has 0 saturated heterocycles. The molecule has 0 amide bonds. The first kappa shape index (κ1) is 15.2. The molecule has 96 valence electrons. The van der Waals surface area contributed by atoms with Gasteiger partial charge < -0.3 is 15.0 Å². The second-order valence-electron chi connectivity index (χ2n) is 4.03. The number of nitrogens with zero attached hydrogens (tertiary/aromatic N) is 2. The van der Waals surface area contributed by atoms with Crippen LogP contribution in [-0.2, 0) is 4.74 Å². The van der Waals surface area contributed by atoms with Gasteiger partial charge in [0.1, 0.15) is 0 Å². The molecule has 0 aromatic heterocycles. The van der Waals surface area contributed by atoms with E-state index in [4.69, 9.17) is 10.6 Å². The second kappa shape index (κ2) is 9.38. The lowest BCUT2D eigenvalue weighted by molar-refractivity contribution is 0.179. The minimum absolute atomic E-state index is 0.189. The van der Waals surface area contributed by atoms with E-state index in [2.05, 4.69) is 20.6 Å². The van der Waals surface area contributed by atoms with Crippen LogP contribution in [0.5, 0.6) is 0 Å². The lowest BCUT2D eigenvalue weighted by Crippen LogP contribution is -2.47. The Labute approximate surface area is 98.2 Å². The van der Waals surface area contributed by atoms with Crippen molar-refractivity contribution in [2.45, 2.75) is 19.4 Å². The third-order valence-corrected chi connectivity index (χ3v) is 1.97. The van der Waals surface area contributed by atoms with Gasteiger partial charge in [-0.1, -0.05) is 0 Å². The average Bonchev–Trinajstić information content (AvgIpc) is 2.22. The minimum atomic E-state index is 0.189. The average molecular weight is 231 g/mol. The van der Waals surface area contributed by atoms with Crippen molar-refractivity contribution in [3.05, 3.63) is 0 Å². The highest BCUT2D eigenvalue weighted by Gasteiger charge is 2.02. The molecule has 0 radical (unpaired) electrons. The molecule has 6 heteroatoms. The number of ether oxygens (including phenoxy) is 1. The van der Waals surface area contributed by atoms with Crippen LogP contribution in [0.4, 0.5) is 0 Å². The summed E-state index contributed by atoms with van der Waals surface area (Å²) in [6.45, 7) is 4.41. The number of hydrogen-bond donors (Lipinski definition) is 3. The summed E-state index contributed by atoms with van der Waals surface area (Å²) in [5, 5.41) is 3.13. The van der Waals surface area contributed by atoms with Crippen molar-refractivity contribution in [3.8, 4) is 0 Å². The highest BCUT2D eigenvalue weighted by Crippen LogP contribution is 1.86. The predicted octanol–water partition coefficient (Wildman–Crippen LogP) is -0.618. The molecule has 0 aliphatic carbocycles. The molecule has 6 nitrogen and oxygen atoms in total. The van der Waals surface area contributed by atoms with Crippen LogP contribution in [0.3, 0.4) is 0 Å². The molecular formula is C10H25N5O. The largest absolute Gasteiger partial charge is 0.383 e. The summed E-state index contributed by atoms with van der Waals surface area (Å²) < 4.78 is 5.01. The smallest absolute Gasteiger partial charge is 0.206 e. The van der Waals surface area contributed by atoms with Crippen molar-refractivity contribution in [3.63, 3.8) is 0 Å². The molecule has 0 aliphatic heterocycles. The second-order valence-corrected chi connectivity index (χ2v) is 4.03. The topological polar surface area (TPSA) is 74.9 Å². The first-order valence-electron chi connectivity index (χ1n) is 5.51. The monoisotopic (exact) mass is 231 g/mol. The fourth-order valence-electron chi connectivity index (χ4n) is 1.24. The van der Waals surface area contributed by atoms with Crippen molar-refractivity contribution in [2.24, 2.45) is 10.8 Å². The molecule has 0 aliphatic rings. The van der Waals surface area contributed by atoms with Crippen LogP contribution in [0.15, 0.2) is 4.99 Å². The molecule has 0 rings (SSSR count). The Hall–Kier alpha value is -0.850. The lowest BCUT2D eigenvalue weighted by Gasteiger charge is -2.15. The van der Waals surface area contributed by atoms with E-state index in [-0.39, 0.29) is 6.04 Å². The molecule has 0 heterocycles. The molecule has 0 saturated carbocycles. The van der Waals surface area contributed by atoms with Gasteiger partial charge in [0.2, 0.25) is 5.96 Å². The maximum Gasteiger partial charge on any atom is 0.206 e. The zero-order valence-electron chi connectivity index (χ0n) is 10.8. The standard InChI is InChI=1S/C10H25N5O/c1-9(8-16-4)13-10(14-11)12-6-5-7-15(2)3/h9H,5-8,11H2,1-4H3,(H2,12,13,14). The summed E-state index contributed by atoms with van der Waals surface area (Å²) in [5.74, 6) is 5.98. The Morgan fingerprint density at radius 3 is 2.69 bits per heavy atom. The minimum Gasteiger partial charge on any atom is -0.383 e. The van der Waals surface area contributed by atoms with Gasteiger partial charge in [-0.15, -0.1) is 0 Å². The van der Waals surface area contributed by atoms with Crippen LogP contribution < -0.4 is 16.6 Å². The summed E-state index contributed by atoms with van der Waals surface area (Å²) in [4.78, 5) is 6.45. The quantitative estimate of drug-likeness (QED) is 0.179. The van der Waals surface area contributed by atoms with Gasteiger partial charge in [0.15, 0.2) is 0 Å². The number of hydrazine groups is 1. The third-order valence-electron chi connectivity index (χ3n) is 1.97. The predicted molar refractivity (Wildman–Crippen MR) is 67.3 cm³/mol. The number of rotatable bonds is 7. The van der Waals surface area contributed by atoms with E-state index in [1.54, 1.807) is 7.11 Å². The number of hydrogen-bond acceptors (Lipinski definition) is 4. The van der Waals surface area contributed by atoms with Gasteiger partial charge in [0, 0.05) is 19.7 Å². The molecule has 0 aromatic carbocycles. The molecule has 0 fully saturated rings. The molecule has 0 spiro atoms. The van der Waals surface area contributed by atoms with Crippen LogP contribution in [0.25, 0.3) is 0 Å². The first-order chi connectivity index (χ1) is 7.60. The molecular weight excluding hydrogens is 206 g/mol. The maximum atomic E-state index is 5.36. The Bertz CT molecular complexity index is 196. The highest BCUT2D eigenvalue weighted by atomic mass is 16.5. The Kier molecular flexibility index (Phi) is 8.88. The van der Waals surface area contributed by atoms with E-state index < -0.39 is 0 Å².